The Morgan fingerprint density at radius 3 is 2.81 bits per heavy atom. The van der Waals surface area contributed by atoms with Gasteiger partial charge in [0.15, 0.2) is 0 Å². The van der Waals surface area contributed by atoms with Crippen LogP contribution in [0.25, 0.3) is 0 Å². The number of hydrogen-bond donors (Lipinski definition) is 2. The van der Waals surface area contributed by atoms with Crippen molar-refractivity contribution < 1.29 is 14.3 Å². The zero-order valence-corrected chi connectivity index (χ0v) is 12.4. The molecule has 0 bridgehead atoms. The van der Waals surface area contributed by atoms with Gasteiger partial charge in [0, 0.05) is 16.8 Å². The van der Waals surface area contributed by atoms with Crippen LogP contribution in [0.2, 0.25) is 5.02 Å². The summed E-state index contributed by atoms with van der Waals surface area (Å²) < 4.78 is 11.4. The van der Waals surface area contributed by atoms with Gasteiger partial charge in [0.05, 0.1) is 25.4 Å². The Bertz CT molecular complexity index is 511. The molecule has 1 heterocycles. The molecule has 0 radical (unpaired) electrons. The fourth-order valence-corrected chi connectivity index (χ4v) is 3.11. The van der Waals surface area contributed by atoms with E-state index in [2.05, 4.69) is 10.6 Å². The number of benzene rings is 1. The number of hydrogen-bond acceptors (Lipinski definition) is 3. The molecule has 2 amide bonds. The second kappa shape index (κ2) is 6.64. The van der Waals surface area contributed by atoms with Crippen LogP contribution in [0, 0.1) is 0 Å². The molecule has 0 aromatic heterocycles. The maximum atomic E-state index is 12.0. The molecule has 21 heavy (non-hydrogen) atoms. The van der Waals surface area contributed by atoms with Crippen LogP contribution in [0.5, 0.6) is 0 Å². The van der Waals surface area contributed by atoms with Gasteiger partial charge in [0.25, 0.3) is 0 Å². The predicted octanol–water partition coefficient (Wildman–Crippen LogP) is 2.80. The smallest absolute Gasteiger partial charge is 0.319 e. The van der Waals surface area contributed by atoms with Crippen LogP contribution in [-0.2, 0) is 9.47 Å². The van der Waals surface area contributed by atoms with Crippen molar-refractivity contribution in [2.75, 3.05) is 18.5 Å². The van der Waals surface area contributed by atoms with Gasteiger partial charge in [0.2, 0.25) is 0 Å². The van der Waals surface area contributed by atoms with Crippen LogP contribution < -0.4 is 10.6 Å². The minimum Gasteiger partial charge on any atom is -0.373 e. The number of carbonyl (C=O) groups is 1. The molecule has 3 atom stereocenters. The molecule has 1 aliphatic carbocycles. The minimum atomic E-state index is -0.211. The third kappa shape index (κ3) is 3.87. The molecule has 3 unspecified atom stereocenters. The molecular weight excluding hydrogens is 292 g/mol. The summed E-state index contributed by atoms with van der Waals surface area (Å²) in [5, 5.41) is 6.38. The van der Waals surface area contributed by atoms with E-state index in [9.17, 15) is 4.79 Å². The molecule has 3 rings (SSSR count). The molecule has 1 aliphatic heterocycles. The van der Waals surface area contributed by atoms with Gasteiger partial charge in [-0.3, -0.25) is 0 Å². The molecular formula is C15H19ClN2O3. The summed E-state index contributed by atoms with van der Waals surface area (Å²) >= 11 is 5.89. The fraction of sp³-hybridized carbons (Fsp3) is 0.533. The average Bonchev–Trinajstić information content (AvgIpc) is 2.47. The Kier molecular flexibility index (Phi) is 4.63. The Labute approximate surface area is 128 Å². The van der Waals surface area contributed by atoms with E-state index in [-0.39, 0.29) is 24.3 Å². The highest BCUT2D eigenvalue weighted by molar-refractivity contribution is 6.30. The fourth-order valence-electron chi connectivity index (χ4n) is 2.92. The first-order valence-corrected chi connectivity index (χ1v) is 7.65. The van der Waals surface area contributed by atoms with Gasteiger partial charge in [-0.2, -0.15) is 0 Å². The van der Waals surface area contributed by atoms with E-state index in [4.69, 9.17) is 21.1 Å². The van der Waals surface area contributed by atoms with Crippen molar-refractivity contribution in [3.05, 3.63) is 29.3 Å². The summed E-state index contributed by atoms with van der Waals surface area (Å²) in [6, 6.07) is 7.00. The number of urea groups is 1. The molecule has 2 aliphatic rings. The number of carbonyl (C=O) groups excluding carboxylic acids is 1. The molecule has 114 valence electrons. The SMILES string of the molecule is O=C(Nc1cccc(Cl)c1)NC1CCC2OCCOC2C1. The first kappa shape index (κ1) is 14.6. The van der Waals surface area contributed by atoms with E-state index in [1.54, 1.807) is 24.3 Å². The van der Waals surface area contributed by atoms with Crippen molar-refractivity contribution in [2.24, 2.45) is 0 Å². The van der Waals surface area contributed by atoms with Crippen LogP contribution in [0.4, 0.5) is 10.5 Å². The van der Waals surface area contributed by atoms with Gasteiger partial charge in [-0.25, -0.2) is 4.79 Å². The van der Waals surface area contributed by atoms with Crippen molar-refractivity contribution >= 4 is 23.3 Å². The van der Waals surface area contributed by atoms with Gasteiger partial charge in [-0.1, -0.05) is 17.7 Å². The van der Waals surface area contributed by atoms with Crippen LogP contribution in [0.3, 0.4) is 0 Å². The zero-order valence-electron chi connectivity index (χ0n) is 11.7. The summed E-state index contributed by atoms with van der Waals surface area (Å²) in [6.07, 6.45) is 2.92. The van der Waals surface area contributed by atoms with E-state index >= 15 is 0 Å². The quantitative estimate of drug-likeness (QED) is 0.883. The van der Waals surface area contributed by atoms with Gasteiger partial charge in [-0.15, -0.1) is 0 Å². The summed E-state index contributed by atoms with van der Waals surface area (Å²) in [7, 11) is 0. The number of nitrogens with one attached hydrogen (secondary N) is 2. The molecule has 5 nitrogen and oxygen atoms in total. The highest BCUT2D eigenvalue weighted by Crippen LogP contribution is 2.26. The molecule has 2 fully saturated rings. The molecule has 1 aromatic carbocycles. The van der Waals surface area contributed by atoms with Crippen molar-refractivity contribution in [1.82, 2.24) is 5.32 Å². The number of fused-ring (bicyclic) bond motifs is 1. The summed E-state index contributed by atoms with van der Waals surface area (Å²) in [6.45, 7) is 1.32. The Balaban J connectivity index is 1.51. The predicted molar refractivity (Wildman–Crippen MR) is 80.7 cm³/mol. The maximum absolute atomic E-state index is 12.0. The normalized spacial score (nSPS) is 28.5. The summed E-state index contributed by atoms with van der Waals surface area (Å²) in [4.78, 5) is 12.0. The Hall–Kier alpha value is -1.30. The second-order valence-electron chi connectivity index (χ2n) is 5.44. The lowest BCUT2D eigenvalue weighted by Crippen LogP contribution is -2.50. The van der Waals surface area contributed by atoms with Crippen molar-refractivity contribution in [3.8, 4) is 0 Å². The van der Waals surface area contributed by atoms with Gasteiger partial charge in [-0.05, 0) is 37.5 Å². The lowest BCUT2D eigenvalue weighted by molar-refractivity contribution is -0.157. The highest BCUT2D eigenvalue weighted by atomic mass is 35.5. The lowest BCUT2D eigenvalue weighted by atomic mass is 9.90. The molecule has 0 spiro atoms. The van der Waals surface area contributed by atoms with E-state index in [1.165, 1.54) is 0 Å². The van der Waals surface area contributed by atoms with Crippen LogP contribution in [0.15, 0.2) is 24.3 Å². The molecule has 1 aromatic rings. The number of amides is 2. The minimum absolute atomic E-state index is 0.101. The number of halogens is 1. The van der Waals surface area contributed by atoms with Gasteiger partial charge in [0.1, 0.15) is 0 Å². The van der Waals surface area contributed by atoms with Gasteiger partial charge >= 0.3 is 6.03 Å². The number of anilines is 1. The van der Waals surface area contributed by atoms with Crippen molar-refractivity contribution in [2.45, 2.75) is 37.5 Å². The van der Waals surface area contributed by atoms with Crippen molar-refractivity contribution in [1.29, 1.82) is 0 Å². The van der Waals surface area contributed by atoms with E-state index in [0.717, 1.165) is 19.3 Å². The zero-order chi connectivity index (χ0) is 14.7. The lowest BCUT2D eigenvalue weighted by Gasteiger charge is -2.39. The first-order valence-electron chi connectivity index (χ1n) is 7.27. The van der Waals surface area contributed by atoms with Crippen molar-refractivity contribution in [3.63, 3.8) is 0 Å². The van der Waals surface area contributed by atoms with Crippen LogP contribution in [-0.4, -0.2) is 37.5 Å². The largest absolute Gasteiger partial charge is 0.373 e. The molecule has 6 heteroatoms. The van der Waals surface area contributed by atoms with E-state index in [1.807, 2.05) is 0 Å². The maximum Gasteiger partial charge on any atom is 0.319 e. The molecule has 1 saturated carbocycles. The highest BCUT2D eigenvalue weighted by Gasteiger charge is 2.34. The van der Waals surface area contributed by atoms with E-state index < -0.39 is 0 Å². The number of ether oxygens (including phenoxy) is 2. The van der Waals surface area contributed by atoms with Crippen LogP contribution in [0.1, 0.15) is 19.3 Å². The third-order valence-corrected chi connectivity index (χ3v) is 4.13. The molecule has 1 saturated heterocycles. The molecule has 2 N–H and O–H groups in total. The Morgan fingerprint density at radius 1 is 1.19 bits per heavy atom. The topological polar surface area (TPSA) is 59.6 Å². The average molecular weight is 311 g/mol. The standard InChI is InChI=1S/C15H19ClN2O3/c16-10-2-1-3-11(8-10)17-15(19)18-12-4-5-13-14(9-12)21-7-6-20-13/h1-3,8,12-14H,4-7,9H2,(H2,17,18,19). The Morgan fingerprint density at radius 2 is 2.00 bits per heavy atom. The van der Waals surface area contributed by atoms with Gasteiger partial charge < -0.3 is 20.1 Å². The summed E-state index contributed by atoms with van der Waals surface area (Å²) in [5.74, 6) is 0. The second-order valence-corrected chi connectivity index (χ2v) is 5.87. The third-order valence-electron chi connectivity index (χ3n) is 3.90. The number of rotatable bonds is 2. The monoisotopic (exact) mass is 310 g/mol. The summed E-state index contributed by atoms with van der Waals surface area (Å²) in [5.41, 5.74) is 0.686. The first-order chi connectivity index (χ1) is 10.2. The van der Waals surface area contributed by atoms with E-state index in [0.29, 0.717) is 23.9 Å². The van der Waals surface area contributed by atoms with Crippen LogP contribution >= 0.6 is 11.6 Å².